The van der Waals surface area contributed by atoms with Gasteiger partial charge in [0.2, 0.25) is 0 Å². The topological polar surface area (TPSA) is 38.8 Å². The van der Waals surface area contributed by atoms with Gasteiger partial charge in [-0.25, -0.2) is 0 Å². The van der Waals surface area contributed by atoms with Crippen molar-refractivity contribution in [1.82, 2.24) is 4.90 Å². The number of amides is 1. The third-order valence-corrected chi connectivity index (χ3v) is 4.96. The van der Waals surface area contributed by atoms with Crippen LogP contribution in [0.5, 0.6) is 0 Å². The number of nitrogens with zero attached hydrogens (tertiary/aromatic N) is 1. The minimum absolute atomic E-state index is 0.00656. The zero-order valence-corrected chi connectivity index (χ0v) is 13.5. The smallest absolute Gasteiger partial charge is 0.403 e. The maximum Gasteiger partial charge on any atom is 0.471 e. The predicted molar refractivity (Wildman–Crippen MR) is 76.3 cm³/mol. The van der Waals surface area contributed by atoms with Gasteiger partial charge in [0.15, 0.2) is 0 Å². The lowest BCUT2D eigenvalue weighted by Crippen LogP contribution is -2.41. The van der Waals surface area contributed by atoms with Crippen molar-refractivity contribution in [3.05, 3.63) is 0 Å². The van der Waals surface area contributed by atoms with E-state index in [9.17, 15) is 18.0 Å². The molecule has 0 aromatic carbocycles. The van der Waals surface area contributed by atoms with Gasteiger partial charge in [0, 0.05) is 13.1 Å². The largest absolute Gasteiger partial charge is 0.471 e. The van der Waals surface area contributed by atoms with E-state index in [1.165, 1.54) is 0 Å². The highest BCUT2D eigenvalue weighted by Crippen LogP contribution is 2.42. The molecule has 1 atom stereocenters. The molecule has 0 aromatic heterocycles. The van der Waals surface area contributed by atoms with E-state index in [0.29, 0.717) is 19.3 Å². The average molecular weight is 321 g/mol. The Hall–Kier alpha value is -0.755. The van der Waals surface area contributed by atoms with Gasteiger partial charge in [-0.05, 0) is 46.4 Å². The van der Waals surface area contributed by atoms with Crippen molar-refractivity contribution < 1.29 is 27.3 Å². The number of hydrogen-bond acceptors (Lipinski definition) is 3. The highest BCUT2D eigenvalue weighted by molar-refractivity contribution is 6.47. The maximum atomic E-state index is 12.5. The fraction of sp³-hybridized carbons (Fsp3) is 0.929. The Morgan fingerprint density at radius 3 is 2.14 bits per heavy atom. The second-order valence-electron chi connectivity index (χ2n) is 7.11. The third kappa shape index (κ3) is 3.43. The summed E-state index contributed by atoms with van der Waals surface area (Å²) in [5.41, 5.74) is -0.906. The van der Waals surface area contributed by atoms with Gasteiger partial charge in [0.25, 0.3) is 0 Å². The summed E-state index contributed by atoms with van der Waals surface area (Å²) in [4.78, 5) is 12.2. The van der Waals surface area contributed by atoms with E-state index in [1.54, 1.807) is 0 Å². The molecule has 0 radical (unpaired) electrons. The maximum absolute atomic E-state index is 12.5. The Morgan fingerprint density at radius 1 is 1.09 bits per heavy atom. The standard InChI is InChI=1S/C14H23BF3NO3/c1-12(2)13(3,4)22-15(21-12)10-6-5-8-19(9-7-10)11(20)14(16,17)18/h10H,5-9H2,1-4H3. The van der Waals surface area contributed by atoms with Crippen LogP contribution >= 0.6 is 0 Å². The molecule has 0 aliphatic carbocycles. The molecule has 0 spiro atoms. The van der Waals surface area contributed by atoms with Gasteiger partial charge in [-0.2, -0.15) is 13.2 Å². The van der Waals surface area contributed by atoms with Crippen molar-refractivity contribution in [2.75, 3.05) is 13.1 Å². The van der Waals surface area contributed by atoms with Crippen molar-refractivity contribution in [2.45, 2.75) is 70.2 Å². The molecule has 2 saturated heterocycles. The molecule has 0 bridgehead atoms. The van der Waals surface area contributed by atoms with Crippen LogP contribution in [0, 0.1) is 0 Å². The summed E-state index contributed by atoms with van der Waals surface area (Å²) < 4.78 is 49.5. The van der Waals surface area contributed by atoms with E-state index >= 15 is 0 Å². The quantitative estimate of drug-likeness (QED) is 0.697. The molecule has 22 heavy (non-hydrogen) atoms. The fourth-order valence-corrected chi connectivity index (χ4v) is 2.86. The lowest BCUT2D eigenvalue weighted by Gasteiger charge is -2.32. The van der Waals surface area contributed by atoms with E-state index in [-0.39, 0.29) is 18.9 Å². The zero-order valence-electron chi connectivity index (χ0n) is 13.5. The number of carbonyl (C=O) groups excluding carboxylic acids is 1. The lowest BCUT2D eigenvalue weighted by atomic mass is 9.68. The highest BCUT2D eigenvalue weighted by atomic mass is 19.4. The zero-order chi connectivity index (χ0) is 16.8. The first-order valence-corrected chi connectivity index (χ1v) is 7.66. The van der Waals surface area contributed by atoms with Crippen LogP contribution in [-0.2, 0) is 14.1 Å². The van der Waals surface area contributed by atoms with Gasteiger partial charge in [-0.15, -0.1) is 0 Å². The van der Waals surface area contributed by atoms with Crippen LogP contribution in [0.2, 0.25) is 5.82 Å². The second kappa shape index (κ2) is 5.71. The number of alkyl halides is 3. The van der Waals surface area contributed by atoms with Crippen LogP contribution in [0.4, 0.5) is 13.2 Å². The second-order valence-corrected chi connectivity index (χ2v) is 7.11. The van der Waals surface area contributed by atoms with E-state index in [4.69, 9.17) is 9.31 Å². The van der Waals surface area contributed by atoms with Crippen molar-refractivity contribution in [1.29, 1.82) is 0 Å². The fourth-order valence-electron chi connectivity index (χ4n) is 2.86. The number of rotatable bonds is 1. The molecule has 1 unspecified atom stereocenters. The molecular formula is C14H23BF3NO3. The summed E-state index contributed by atoms with van der Waals surface area (Å²) in [6.45, 7) is 8.01. The van der Waals surface area contributed by atoms with Gasteiger partial charge in [-0.3, -0.25) is 4.79 Å². The molecule has 2 rings (SSSR count). The molecule has 2 fully saturated rings. The molecule has 2 aliphatic heterocycles. The SMILES string of the molecule is CC1(C)OB(C2CCCN(C(=O)C(F)(F)F)CC2)OC1(C)C. The van der Waals surface area contributed by atoms with Crippen LogP contribution < -0.4 is 0 Å². The van der Waals surface area contributed by atoms with E-state index in [0.717, 1.165) is 4.90 Å². The molecule has 126 valence electrons. The Labute approximate surface area is 129 Å². The molecule has 0 saturated carbocycles. The Morgan fingerprint density at radius 2 is 1.64 bits per heavy atom. The molecule has 2 heterocycles. The Balaban J connectivity index is 1.99. The molecule has 0 N–H and O–H groups in total. The van der Waals surface area contributed by atoms with E-state index in [2.05, 4.69) is 0 Å². The summed E-state index contributed by atoms with van der Waals surface area (Å²) >= 11 is 0. The normalized spacial score (nSPS) is 28.6. The summed E-state index contributed by atoms with van der Waals surface area (Å²) in [5.74, 6) is -1.74. The van der Waals surface area contributed by atoms with Crippen LogP contribution in [0.3, 0.4) is 0 Å². The number of halogens is 3. The van der Waals surface area contributed by atoms with Crippen LogP contribution in [0.25, 0.3) is 0 Å². The minimum Gasteiger partial charge on any atom is -0.403 e. The van der Waals surface area contributed by atoms with Crippen LogP contribution in [-0.4, -0.2) is 48.4 Å². The Bertz CT molecular complexity index is 424. The summed E-state index contributed by atoms with van der Waals surface area (Å²) in [6.07, 6.45) is -3.13. The predicted octanol–water partition coefficient (Wildman–Crippen LogP) is 3.02. The van der Waals surface area contributed by atoms with Crippen molar-refractivity contribution >= 4 is 13.0 Å². The minimum atomic E-state index is -4.80. The summed E-state index contributed by atoms with van der Waals surface area (Å²) in [7, 11) is -0.425. The van der Waals surface area contributed by atoms with Crippen LogP contribution in [0.15, 0.2) is 0 Å². The lowest BCUT2D eigenvalue weighted by molar-refractivity contribution is -0.185. The molecular weight excluding hydrogens is 298 g/mol. The first kappa shape index (κ1) is 17.6. The first-order chi connectivity index (χ1) is 9.94. The van der Waals surface area contributed by atoms with Gasteiger partial charge in [0.1, 0.15) is 0 Å². The molecule has 2 aliphatic rings. The van der Waals surface area contributed by atoms with Gasteiger partial charge < -0.3 is 14.2 Å². The number of carbonyl (C=O) groups is 1. The van der Waals surface area contributed by atoms with Gasteiger partial charge >= 0.3 is 19.2 Å². The monoisotopic (exact) mass is 321 g/mol. The molecule has 4 nitrogen and oxygen atoms in total. The van der Waals surface area contributed by atoms with Crippen molar-refractivity contribution in [3.8, 4) is 0 Å². The third-order valence-electron chi connectivity index (χ3n) is 4.96. The molecule has 1 amide bonds. The van der Waals surface area contributed by atoms with E-state index < -0.39 is 30.4 Å². The number of hydrogen-bond donors (Lipinski definition) is 0. The van der Waals surface area contributed by atoms with Gasteiger partial charge in [-0.1, -0.05) is 6.42 Å². The highest BCUT2D eigenvalue weighted by Gasteiger charge is 2.54. The number of likely N-dealkylation sites (tertiary alicyclic amines) is 1. The summed E-state index contributed by atoms with van der Waals surface area (Å²) in [5, 5.41) is 0. The first-order valence-electron chi connectivity index (χ1n) is 7.66. The van der Waals surface area contributed by atoms with Crippen molar-refractivity contribution in [2.24, 2.45) is 0 Å². The average Bonchev–Trinajstić information content (AvgIpc) is 2.56. The van der Waals surface area contributed by atoms with Gasteiger partial charge in [0.05, 0.1) is 11.2 Å². The molecule has 8 heteroatoms. The molecule has 0 aromatic rings. The van der Waals surface area contributed by atoms with Crippen molar-refractivity contribution in [3.63, 3.8) is 0 Å². The van der Waals surface area contributed by atoms with E-state index in [1.807, 2.05) is 27.7 Å². The summed E-state index contributed by atoms with van der Waals surface area (Å²) in [6, 6.07) is 0. The Kier molecular flexibility index (Phi) is 4.57. The van der Waals surface area contributed by atoms with Crippen LogP contribution in [0.1, 0.15) is 47.0 Å².